The van der Waals surface area contributed by atoms with Crippen LogP contribution in [0.4, 0.5) is 0 Å². The number of ketones is 1. The first kappa shape index (κ1) is 14.9. The Morgan fingerprint density at radius 3 is 3.00 bits per heavy atom. The molecule has 7 nitrogen and oxygen atoms in total. The summed E-state index contributed by atoms with van der Waals surface area (Å²) in [5, 5.41) is 8.84. The number of nitrogens with zero attached hydrogens (tertiary/aromatic N) is 4. The number of rotatable bonds is 2. The third kappa shape index (κ3) is 2.42. The predicted molar refractivity (Wildman–Crippen MR) is 83.2 cm³/mol. The smallest absolute Gasteiger partial charge is 0.221 e. The molecule has 1 aromatic heterocycles. The van der Waals surface area contributed by atoms with Gasteiger partial charge in [-0.05, 0) is 47.3 Å². The summed E-state index contributed by atoms with van der Waals surface area (Å²) in [5.41, 5.74) is 1.69. The maximum atomic E-state index is 11.9. The first-order chi connectivity index (χ1) is 11.0. The van der Waals surface area contributed by atoms with E-state index in [-0.39, 0.29) is 24.3 Å². The van der Waals surface area contributed by atoms with Crippen LogP contribution in [0.3, 0.4) is 0 Å². The minimum atomic E-state index is -0.739. The molecule has 3 heterocycles. The molecule has 9 heteroatoms. The Hall–Kier alpha value is -1.61. The van der Waals surface area contributed by atoms with Crippen molar-refractivity contribution in [2.75, 3.05) is 6.61 Å². The maximum Gasteiger partial charge on any atom is 0.221 e. The van der Waals surface area contributed by atoms with Crippen LogP contribution < -0.4 is 0 Å². The molecule has 2 saturated heterocycles. The fourth-order valence-corrected chi connectivity index (χ4v) is 3.30. The largest absolute Gasteiger partial charge is 0.343 e. The highest BCUT2D eigenvalue weighted by Gasteiger charge is 2.45. The van der Waals surface area contributed by atoms with Crippen molar-refractivity contribution in [1.82, 2.24) is 19.8 Å². The van der Waals surface area contributed by atoms with Gasteiger partial charge in [-0.15, -0.1) is 0 Å². The molecule has 23 heavy (non-hydrogen) atoms. The van der Waals surface area contributed by atoms with E-state index in [2.05, 4.69) is 10.4 Å². The molecule has 1 aromatic carbocycles. The minimum Gasteiger partial charge on any atom is -0.343 e. The van der Waals surface area contributed by atoms with Crippen LogP contribution in [0, 0.1) is 11.7 Å². The Bertz CT molecular complexity index is 849. The van der Waals surface area contributed by atoms with Gasteiger partial charge in [-0.3, -0.25) is 4.79 Å². The summed E-state index contributed by atoms with van der Waals surface area (Å²) < 4.78 is 14.3. The van der Waals surface area contributed by atoms with Crippen molar-refractivity contribution in [1.29, 1.82) is 0 Å². The number of Topliss-reactive ketones (excluding diaryl/α,β-unsaturated/α-hetero) is 1. The van der Waals surface area contributed by atoms with E-state index >= 15 is 0 Å². The average molecular weight is 353 g/mol. The number of ether oxygens (including phenoxy) is 2. The number of carbonyl (C=O) groups excluding carboxylic acids is 1. The number of tetrazole rings is 1. The molecular formula is C14H13ClN4O3S. The lowest BCUT2D eigenvalue weighted by Crippen LogP contribution is -2.37. The molecule has 0 unspecified atom stereocenters. The number of aromatic nitrogens is 4. The van der Waals surface area contributed by atoms with E-state index in [4.69, 9.17) is 33.3 Å². The zero-order valence-electron chi connectivity index (χ0n) is 12.2. The lowest BCUT2D eigenvalue weighted by Gasteiger charge is -2.25. The highest BCUT2D eigenvalue weighted by Crippen LogP contribution is 2.32. The zero-order valence-corrected chi connectivity index (χ0v) is 13.8. The van der Waals surface area contributed by atoms with Gasteiger partial charge in [-0.2, -0.15) is 4.68 Å². The maximum absolute atomic E-state index is 11.9. The van der Waals surface area contributed by atoms with E-state index in [1.165, 1.54) is 4.68 Å². The Labute approximate surface area is 141 Å². The van der Waals surface area contributed by atoms with Gasteiger partial charge in [0.05, 0.1) is 18.3 Å². The van der Waals surface area contributed by atoms with Crippen LogP contribution in [0.1, 0.15) is 18.0 Å². The molecule has 2 aliphatic heterocycles. The standard InChI is InChI=1S/C14H13ClN4O3S/c1-7-2-3-8(4-9(7)15)18-14(23)19(17-16-18)10-5-11(20)13-21-6-12(10)22-13/h2-4,10,12-13H,5-6H2,1H3/t10-,12+,13+/m0/s1. The fourth-order valence-electron chi connectivity index (χ4n) is 2.81. The Morgan fingerprint density at radius 2 is 2.22 bits per heavy atom. The van der Waals surface area contributed by atoms with Crippen LogP contribution >= 0.6 is 23.8 Å². The van der Waals surface area contributed by atoms with Crippen LogP contribution in [0.2, 0.25) is 5.02 Å². The van der Waals surface area contributed by atoms with Crippen LogP contribution in [-0.2, 0) is 14.3 Å². The molecule has 0 aliphatic carbocycles. The summed E-state index contributed by atoms with van der Waals surface area (Å²) in [7, 11) is 0. The quantitative estimate of drug-likeness (QED) is 0.770. The van der Waals surface area contributed by atoms with Crippen molar-refractivity contribution >= 4 is 29.6 Å². The van der Waals surface area contributed by atoms with E-state index in [9.17, 15) is 4.79 Å². The second kappa shape index (κ2) is 5.48. The van der Waals surface area contributed by atoms with Crippen LogP contribution in [-0.4, -0.2) is 44.6 Å². The van der Waals surface area contributed by atoms with E-state index in [0.717, 1.165) is 11.3 Å². The summed E-state index contributed by atoms with van der Waals surface area (Å²) in [6, 6.07) is 5.24. The van der Waals surface area contributed by atoms with Crippen LogP contribution in [0.5, 0.6) is 0 Å². The van der Waals surface area contributed by atoms with Crippen molar-refractivity contribution in [3.8, 4) is 5.69 Å². The normalized spacial score (nSPS) is 26.7. The number of hydrogen-bond acceptors (Lipinski definition) is 6. The molecular weight excluding hydrogens is 340 g/mol. The van der Waals surface area contributed by atoms with Crippen molar-refractivity contribution < 1.29 is 14.3 Å². The molecule has 2 aromatic rings. The van der Waals surface area contributed by atoms with Gasteiger partial charge in [0, 0.05) is 11.4 Å². The van der Waals surface area contributed by atoms with Gasteiger partial charge in [-0.1, -0.05) is 17.7 Å². The summed E-state index contributed by atoms with van der Waals surface area (Å²) in [6.07, 6.45) is -0.704. The molecule has 3 atom stereocenters. The highest BCUT2D eigenvalue weighted by atomic mass is 35.5. The Kier molecular flexibility index (Phi) is 3.56. The summed E-state index contributed by atoms with van der Waals surface area (Å²) in [5.74, 6) is -0.0985. The van der Waals surface area contributed by atoms with Gasteiger partial charge >= 0.3 is 0 Å². The molecule has 120 valence electrons. The lowest BCUT2D eigenvalue weighted by molar-refractivity contribution is -0.156. The SMILES string of the molecule is Cc1ccc(-n2nnn([C@H]3CC(=O)[C@@H]4OC[C@H]3O4)c2=S)cc1Cl. The summed E-state index contributed by atoms with van der Waals surface area (Å²) in [6.45, 7) is 2.27. The second-order valence-electron chi connectivity index (χ2n) is 5.63. The third-order valence-electron chi connectivity index (χ3n) is 4.13. The number of carbonyl (C=O) groups is 1. The second-order valence-corrected chi connectivity index (χ2v) is 6.40. The molecule has 0 N–H and O–H groups in total. The van der Waals surface area contributed by atoms with Crippen LogP contribution in [0.25, 0.3) is 5.69 Å². The molecule has 0 spiro atoms. The first-order valence-electron chi connectivity index (χ1n) is 7.15. The molecule has 0 radical (unpaired) electrons. The van der Waals surface area contributed by atoms with E-state index in [0.29, 0.717) is 16.4 Å². The minimum absolute atomic E-state index is 0.0985. The summed E-state index contributed by atoms with van der Waals surface area (Å²) in [4.78, 5) is 11.9. The third-order valence-corrected chi connectivity index (χ3v) is 4.90. The highest BCUT2D eigenvalue weighted by molar-refractivity contribution is 7.71. The number of hydrogen-bond donors (Lipinski definition) is 0. The molecule has 0 saturated carbocycles. The first-order valence-corrected chi connectivity index (χ1v) is 7.94. The monoisotopic (exact) mass is 352 g/mol. The molecule has 0 amide bonds. The van der Waals surface area contributed by atoms with Crippen molar-refractivity contribution in [3.05, 3.63) is 33.6 Å². The van der Waals surface area contributed by atoms with E-state index in [1.807, 2.05) is 19.1 Å². The van der Waals surface area contributed by atoms with E-state index in [1.54, 1.807) is 10.7 Å². The zero-order chi connectivity index (χ0) is 16.1. The molecule has 2 aliphatic rings. The number of halogens is 1. The van der Waals surface area contributed by atoms with Gasteiger partial charge < -0.3 is 9.47 Å². The number of fused-ring (bicyclic) bond motifs is 2. The van der Waals surface area contributed by atoms with Crippen molar-refractivity contribution in [2.45, 2.75) is 31.8 Å². The predicted octanol–water partition coefficient (Wildman–Crippen LogP) is 2.02. The fraction of sp³-hybridized carbons (Fsp3) is 0.429. The van der Waals surface area contributed by atoms with Gasteiger partial charge in [-0.25, -0.2) is 4.68 Å². The van der Waals surface area contributed by atoms with Crippen molar-refractivity contribution in [2.24, 2.45) is 0 Å². The van der Waals surface area contributed by atoms with Gasteiger partial charge in [0.25, 0.3) is 0 Å². The van der Waals surface area contributed by atoms with Gasteiger partial charge in [0.2, 0.25) is 11.1 Å². The topological polar surface area (TPSA) is 71.2 Å². The Morgan fingerprint density at radius 1 is 1.39 bits per heavy atom. The molecule has 2 bridgehead atoms. The van der Waals surface area contributed by atoms with Gasteiger partial charge in [0.1, 0.15) is 6.10 Å². The van der Waals surface area contributed by atoms with Gasteiger partial charge in [0.15, 0.2) is 5.78 Å². The number of benzene rings is 1. The lowest BCUT2D eigenvalue weighted by atomic mass is 10.0. The molecule has 2 fully saturated rings. The van der Waals surface area contributed by atoms with E-state index < -0.39 is 6.29 Å². The number of aryl methyl sites for hydroxylation is 1. The molecule has 4 rings (SSSR count). The average Bonchev–Trinajstić information content (AvgIpc) is 3.12. The Balaban J connectivity index is 1.72. The van der Waals surface area contributed by atoms with Crippen LogP contribution in [0.15, 0.2) is 18.2 Å². The van der Waals surface area contributed by atoms with Crippen molar-refractivity contribution in [3.63, 3.8) is 0 Å². The summed E-state index contributed by atoms with van der Waals surface area (Å²) >= 11 is 11.6.